The summed E-state index contributed by atoms with van der Waals surface area (Å²) < 4.78 is 10.9. The number of amides is 1. The van der Waals surface area contributed by atoms with Crippen LogP contribution in [0, 0.1) is 0 Å². The molecule has 0 saturated carbocycles. The Bertz CT molecular complexity index is 814. The number of hydrogen-bond acceptors (Lipinski definition) is 5. The maximum absolute atomic E-state index is 12.7. The van der Waals surface area contributed by atoms with Crippen LogP contribution in [-0.2, 0) is 4.74 Å². The predicted molar refractivity (Wildman–Crippen MR) is 85.1 cm³/mol. The number of ether oxygens (including phenoxy) is 1. The van der Waals surface area contributed by atoms with E-state index >= 15 is 0 Å². The number of morpholine rings is 1. The summed E-state index contributed by atoms with van der Waals surface area (Å²) in [7, 11) is 0. The summed E-state index contributed by atoms with van der Waals surface area (Å²) in [6, 6.07) is 12.7. The van der Waals surface area contributed by atoms with Gasteiger partial charge in [0.1, 0.15) is 11.7 Å². The maximum Gasteiger partial charge on any atom is 0.271 e. The topological polar surface area (TPSA) is 84.2 Å². The summed E-state index contributed by atoms with van der Waals surface area (Å²) in [6.07, 6.45) is 1.73. The van der Waals surface area contributed by atoms with Crippen LogP contribution in [0.2, 0.25) is 0 Å². The molecule has 1 aliphatic rings. The second kappa shape index (κ2) is 6.29. The fourth-order valence-electron chi connectivity index (χ4n) is 2.74. The van der Waals surface area contributed by atoms with Crippen LogP contribution in [0.1, 0.15) is 22.4 Å². The number of H-pyrrole nitrogens is 1. The molecule has 0 aliphatic carbocycles. The van der Waals surface area contributed by atoms with Crippen LogP contribution >= 0.6 is 0 Å². The van der Waals surface area contributed by atoms with Crippen LogP contribution in [0.3, 0.4) is 0 Å². The van der Waals surface area contributed by atoms with E-state index in [-0.39, 0.29) is 11.9 Å². The van der Waals surface area contributed by atoms with Crippen molar-refractivity contribution >= 4 is 5.91 Å². The van der Waals surface area contributed by atoms with Gasteiger partial charge in [-0.2, -0.15) is 4.98 Å². The van der Waals surface area contributed by atoms with E-state index in [0.29, 0.717) is 37.2 Å². The van der Waals surface area contributed by atoms with E-state index in [2.05, 4.69) is 15.1 Å². The highest BCUT2D eigenvalue weighted by Crippen LogP contribution is 2.26. The summed E-state index contributed by atoms with van der Waals surface area (Å²) in [5.74, 6) is 0.782. The summed E-state index contributed by atoms with van der Waals surface area (Å²) in [4.78, 5) is 21.8. The molecule has 2 aromatic heterocycles. The molecule has 1 unspecified atom stereocenters. The van der Waals surface area contributed by atoms with E-state index in [1.54, 1.807) is 23.2 Å². The van der Waals surface area contributed by atoms with Crippen LogP contribution in [-0.4, -0.2) is 45.7 Å². The second-order valence-corrected chi connectivity index (χ2v) is 5.50. The fraction of sp³-hybridized carbons (Fsp3) is 0.235. The number of rotatable bonds is 3. The number of carbonyl (C=O) groups is 1. The molecule has 1 fully saturated rings. The molecule has 3 aromatic rings. The van der Waals surface area contributed by atoms with Crippen molar-refractivity contribution in [1.82, 2.24) is 20.0 Å². The van der Waals surface area contributed by atoms with Crippen LogP contribution in [0.5, 0.6) is 0 Å². The Morgan fingerprint density at radius 2 is 2.08 bits per heavy atom. The first kappa shape index (κ1) is 14.6. The average molecular weight is 324 g/mol. The summed E-state index contributed by atoms with van der Waals surface area (Å²) >= 11 is 0. The van der Waals surface area contributed by atoms with Crippen LogP contribution in [0.15, 0.2) is 53.2 Å². The number of hydrogen-bond donors (Lipinski definition) is 1. The van der Waals surface area contributed by atoms with E-state index < -0.39 is 0 Å². The highest BCUT2D eigenvalue weighted by Gasteiger charge is 2.33. The molecule has 0 bridgehead atoms. The van der Waals surface area contributed by atoms with Gasteiger partial charge in [0.25, 0.3) is 11.8 Å². The zero-order valence-corrected chi connectivity index (χ0v) is 12.9. The molecule has 1 amide bonds. The lowest BCUT2D eigenvalue weighted by Gasteiger charge is -2.32. The van der Waals surface area contributed by atoms with Crippen molar-refractivity contribution in [2.24, 2.45) is 0 Å². The average Bonchev–Trinajstić information content (AvgIpc) is 3.34. The Hall–Kier alpha value is -2.93. The number of carbonyl (C=O) groups excluding carboxylic acids is 1. The quantitative estimate of drug-likeness (QED) is 0.799. The number of aromatic amines is 1. The number of benzene rings is 1. The Kier molecular flexibility index (Phi) is 3.84. The van der Waals surface area contributed by atoms with Crippen molar-refractivity contribution in [3.8, 4) is 11.4 Å². The first-order valence-electron chi connectivity index (χ1n) is 7.74. The van der Waals surface area contributed by atoms with E-state index in [9.17, 15) is 4.79 Å². The zero-order chi connectivity index (χ0) is 16.4. The molecule has 24 heavy (non-hydrogen) atoms. The molecule has 0 spiro atoms. The van der Waals surface area contributed by atoms with Gasteiger partial charge in [0.15, 0.2) is 0 Å². The van der Waals surface area contributed by atoms with E-state index in [1.807, 2.05) is 30.3 Å². The van der Waals surface area contributed by atoms with E-state index in [0.717, 1.165) is 5.56 Å². The predicted octanol–water partition coefficient (Wildman–Crippen LogP) is 2.28. The molecule has 1 atom stereocenters. The molecule has 7 nitrogen and oxygen atoms in total. The van der Waals surface area contributed by atoms with Gasteiger partial charge in [0.2, 0.25) is 5.82 Å². The van der Waals surface area contributed by atoms with Crippen molar-refractivity contribution in [2.75, 3.05) is 19.8 Å². The smallest absolute Gasteiger partial charge is 0.271 e. The summed E-state index contributed by atoms with van der Waals surface area (Å²) in [5.41, 5.74) is 1.40. The van der Waals surface area contributed by atoms with E-state index in [1.165, 1.54) is 0 Å². The van der Waals surface area contributed by atoms with Crippen molar-refractivity contribution in [1.29, 1.82) is 0 Å². The van der Waals surface area contributed by atoms with Crippen LogP contribution in [0.4, 0.5) is 0 Å². The Labute approximate surface area is 138 Å². The first-order valence-corrected chi connectivity index (χ1v) is 7.74. The molecule has 1 N–H and O–H groups in total. The van der Waals surface area contributed by atoms with Gasteiger partial charge in [-0.3, -0.25) is 4.79 Å². The first-order chi connectivity index (χ1) is 11.8. The minimum absolute atomic E-state index is 0.104. The number of nitrogens with zero attached hydrogens (tertiary/aromatic N) is 3. The Balaban J connectivity index is 1.62. The third kappa shape index (κ3) is 2.69. The van der Waals surface area contributed by atoms with Crippen molar-refractivity contribution in [2.45, 2.75) is 6.04 Å². The maximum atomic E-state index is 12.7. The number of nitrogens with one attached hydrogen (secondary N) is 1. The normalized spacial score (nSPS) is 17.8. The van der Waals surface area contributed by atoms with Gasteiger partial charge in [0.05, 0.1) is 13.2 Å². The van der Waals surface area contributed by atoms with Gasteiger partial charge in [-0.15, -0.1) is 0 Å². The summed E-state index contributed by atoms with van der Waals surface area (Å²) in [6.45, 7) is 1.30. The van der Waals surface area contributed by atoms with Crippen LogP contribution < -0.4 is 0 Å². The minimum Gasteiger partial charge on any atom is -0.377 e. The van der Waals surface area contributed by atoms with Gasteiger partial charge in [-0.05, 0) is 12.1 Å². The Morgan fingerprint density at radius 3 is 2.88 bits per heavy atom. The molecule has 7 heteroatoms. The van der Waals surface area contributed by atoms with Gasteiger partial charge >= 0.3 is 0 Å². The highest BCUT2D eigenvalue weighted by molar-refractivity contribution is 5.92. The molecule has 1 aromatic carbocycles. The lowest BCUT2D eigenvalue weighted by Crippen LogP contribution is -2.43. The number of aromatic nitrogens is 3. The minimum atomic E-state index is -0.389. The fourth-order valence-corrected chi connectivity index (χ4v) is 2.74. The SMILES string of the molecule is O=C(c1ccc[nH]1)N1CCOCC1c1nc(-c2ccccc2)no1. The van der Waals surface area contributed by atoms with Gasteiger partial charge in [-0.1, -0.05) is 35.5 Å². The lowest BCUT2D eigenvalue weighted by atomic mass is 10.2. The molecule has 3 heterocycles. The van der Waals surface area contributed by atoms with E-state index in [4.69, 9.17) is 9.26 Å². The summed E-state index contributed by atoms with van der Waals surface area (Å²) in [5, 5.41) is 4.03. The highest BCUT2D eigenvalue weighted by atomic mass is 16.5. The largest absolute Gasteiger partial charge is 0.377 e. The standard InChI is InChI=1S/C17H16N4O3/c22-17(13-7-4-8-18-13)21-9-10-23-11-14(21)16-19-15(20-24-16)12-5-2-1-3-6-12/h1-8,14,18H,9-11H2. The second-order valence-electron chi connectivity index (χ2n) is 5.50. The third-order valence-corrected chi connectivity index (χ3v) is 3.98. The molecular formula is C17H16N4O3. The molecule has 4 rings (SSSR count). The Morgan fingerprint density at radius 1 is 1.21 bits per heavy atom. The van der Waals surface area contributed by atoms with Gasteiger partial charge in [0, 0.05) is 18.3 Å². The monoisotopic (exact) mass is 324 g/mol. The molecular weight excluding hydrogens is 308 g/mol. The third-order valence-electron chi connectivity index (χ3n) is 3.98. The van der Waals surface area contributed by atoms with Crippen molar-refractivity contribution in [3.05, 3.63) is 60.2 Å². The molecule has 0 radical (unpaired) electrons. The molecule has 1 aliphatic heterocycles. The van der Waals surface area contributed by atoms with Gasteiger partial charge in [-0.25, -0.2) is 0 Å². The van der Waals surface area contributed by atoms with Crippen molar-refractivity contribution < 1.29 is 14.1 Å². The lowest BCUT2D eigenvalue weighted by molar-refractivity contribution is -0.0121. The molecule has 122 valence electrons. The van der Waals surface area contributed by atoms with Gasteiger partial charge < -0.3 is 19.1 Å². The van der Waals surface area contributed by atoms with Crippen molar-refractivity contribution in [3.63, 3.8) is 0 Å². The van der Waals surface area contributed by atoms with Crippen LogP contribution in [0.25, 0.3) is 11.4 Å². The molecule has 1 saturated heterocycles. The zero-order valence-electron chi connectivity index (χ0n) is 12.9.